The van der Waals surface area contributed by atoms with Crippen LogP contribution >= 0.6 is 0 Å². The number of rotatable bonds is 7. The van der Waals surface area contributed by atoms with Gasteiger partial charge in [-0.1, -0.05) is 6.92 Å². The van der Waals surface area contributed by atoms with E-state index in [0.29, 0.717) is 23.7 Å². The first-order valence-electron chi connectivity index (χ1n) is 6.23. The summed E-state index contributed by atoms with van der Waals surface area (Å²) < 4.78 is 26.1. The van der Waals surface area contributed by atoms with Crippen molar-refractivity contribution in [3.63, 3.8) is 0 Å². The molecule has 2 heterocycles. The van der Waals surface area contributed by atoms with Gasteiger partial charge in [0.05, 0.1) is 12.9 Å². The molecule has 2 rings (SSSR count). The van der Waals surface area contributed by atoms with Gasteiger partial charge in [-0.05, 0) is 6.42 Å². The normalized spacial score (nSPS) is 11.8. The molecule has 0 saturated carbocycles. The van der Waals surface area contributed by atoms with Crippen molar-refractivity contribution in [1.29, 1.82) is 0 Å². The first kappa shape index (κ1) is 14.4. The maximum atomic E-state index is 13.1. The smallest absolute Gasteiger partial charge is 0.287 e. The Labute approximate surface area is 113 Å². The molecule has 2 aromatic rings. The van der Waals surface area contributed by atoms with Gasteiger partial charge < -0.3 is 20.7 Å². The molecule has 0 atom stereocenters. The number of aromatic nitrogens is 4. The van der Waals surface area contributed by atoms with Crippen LogP contribution in [-0.2, 0) is 0 Å². The number of nitrogens with one attached hydrogen (secondary N) is 3. The molecule has 4 N–H and O–H groups in total. The van der Waals surface area contributed by atoms with Crippen molar-refractivity contribution >= 4 is 22.9 Å². The van der Waals surface area contributed by atoms with Crippen LogP contribution in [0.25, 0.3) is 11.2 Å². The Morgan fingerprint density at radius 3 is 2.85 bits per heavy atom. The van der Waals surface area contributed by atoms with Crippen LogP contribution in [0, 0.1) is 0 Å². The van der Waals surface area contributed by atoms with E-state index in [1.807, 2.05) is 6.92 Å². The minimum atomic E-state index is -3.21. The molecule has 0 amide bonds. The zero-order valence-electron chi connectivity index (χ0n) is 11.0. The molecule has 0 fully saturated rings. The van der Waals surface area contributed by atoms with E-state index >= 15 is 0 Å². The molecule has 0 aliphatic rings. The molecule has 20 heavy (non-hydrogen) atoms. The predicted molar refractivity (Wildman–Crippen MR) is 71.0 cm³/mol. The van der Waals surface area contributed by atoms with Crippen molar-refractivity contribution in [3.8, 4) is 0 Å². The SMILES string of the molecule is CCCNc1nc(NCC(F)(F)CO)c2[nH]cnc2n1. The summed E-state index contributed by atoms with van der Waals surface area (Å²) in [6.07, 6.45) is 2.30. The summed E-state index contributed by atoms with van der Waals surface area (Å²) in [5.74, 6) is -2.67. The van der Waals surface area contributed by atoms with Gasteiger partial charge in [-0.15, -0.1) is 0 Å². The summed E-state index contributed by atoms with van der Waals surface area (Å²) in [6.45, 7) is 0.712. The second-order valence-electron chi connectivity index (χ2n) is 4.29. The highest BCUT2D eigenvalue weighted by Gasteiger charge is 2.28. The van der Waals surface area contributed by atoms with Crippen molar-refractivity contribution in [2.24, 2.45) is 0 Å². The number of hydrogen-bond acceptors (Lipinski definition) is 6. The molecule has 2 aromatic heterocycles. The van der Waals surface area contributed by atoms with Gasteiger partial charge in [0, 0.05) is 6.54 Å². The first-order valence-corrected chi connectivity index (χ1v) is 6.23. The molecule has 0 unspecified atom stereocenters. The molecule has 0 aliphatic carbocycles. The Hall–Kier alpha value is -2.03. The van der Waals surface area contributed by atoms with Crippen LogP contribution in [0.1, 0.15) is 13.3 Å². The van der Waals surface area contributed by atoms with Gasteiger partial charge in [0.1, 0.15) is 12.1 Å². The predicted octanol–water partition coefficient (Wildman–Crippen LogP) is 1.21. The van der Waals surface area contributed by atoms with E-state index < -0.39 is 19.1 Å². The average Bonchev–Trinajstić information content (AvgIpc) is 2.91. The van der Waals surface area contributed by atoms with Crippen molar-refractivity contribution in [2.75, 3.05) is 30.3 Å². The number of aliphatic hydroxyl groups excluding tert-OH is 1. The number of imidazole rings is 1. The molecule has 0 saturated heterocycles. The van der Waals surface area contributed by atoms with E-state index in [-0.39, 0.29) is 5.82 Å². The van der Waals surface area contributed by atoms with Crippen LogP contribution in [0.15, 0.2) is 6.33 Å². The molecule has 0 aliphatic heterocycles. The monoisotopic (exact) mass is 286 g/mol. The molecule has 0 bridgehead atoms. The van der Waals surface area contributed by atoms with Crippen LogP contribution in [0.4, 0.5) is 20.5 Å². The minimum Gasteiger partial charge on any atom is -0.390 e. The quantitative estimate of drug-likeness (QED) is 0.611. The summed E-state index contributed by atoms with van der Waals surface area (Å²) in [5, 5.41) is 14.0. The van der Waals surface area contributed by atoms with Crippen LogP contribution in [0.3, 0.4) is 0 Å². The van der Waals surface area contributed by atoms with Crippen LogP contribution in [0.2, 0.25) is 0 Å². The zero-order valence-corrected chi connectivity index (χ0v) is 11.0. The largest absolute Gasteiger partial charge is 0.390 e. The first-order chi connectivity index (χ1) is 9.55. The lowest BCUT2D eigenvalue weighted by atomic mass is 10.3. The van der Waals surface area contributed by atoms with Gasteiger partial charge in [0.2, 0.25) is 5.95 Å². The number of hydrogen-bond donors (Lipinski definition) is 4. The number of H-pyrrole nitrogens is 1. The summed E-state index contributed by atoms with van der Waals surface area (Å²) in [5.41, 5.74) is 0.828. The number of alkyl halides is 2. The van der Waals surface area contributed by atoms with Gasteiger partial charge in [-0.2, -0.15) is 9.97 Å². The van der Waals surface area contributed by atoms with Crippen molar-refractivity contribution < 1.29 is 13.9 Å². The van der Waals surface area contributed by atoms with Gasteiger partial charge in [0.15, 0.2) is 11.5 Å². The van der Waals surface area contributed by atoms with E-state index in [2.05, 4.69) is 30.6 Å². The Bertz CT molecular complexity index is 573. The Kier molecular flexibility index (Phi) is 4.28. The number of aromatic amines is 1. The van der Waals surface area contributed by atoms with E-state index in [9.17, 15) is 8.78 Å². The third kappa shape index (κ3) is 3.29. The summed E-state index contributed by atoms with van der Waals surface area (Å²) in [4.78, 5) is 15.1. The second kappa shape index (κ2) is 5.95. The maximum absolute atomic E-state index is 13.1. The summed E-state index contributed by atoms with van der Waals surface area (Å²) in [7, 11) is 0. The molecule has 9 heteroatoms. The minimum absolute atomic E-state index is 0.222. The number of halogens is 2. The maximum Gasteiger partial charge on any atom is 0.287 e. The molecule has 0 aromatic carbocycles. The fourth-order valence-corrected chi connectivity index (χ4v) is 1.55. The Morgan fingerprint density at radius 1 is 1.35 bits per heavy atom. The van der Waals surface area contributed by atoms with Gasteiger partial charge in [0.25, 0.3) is 5.92 Å². The summed E-state index contributed by atoms with van der Waals surface area (Å²) in [6, 6.07) is 0. The Morgan fingerprint density at radius 2 is 2.15 bits per heavy atom. The molecular weight excluding hydrogens is 270 g/mol. The van der Waals surface area contributed by atoms with Crippen LogP contribution in [0.5, 0.6) is 0 Å². The third-order valence-corrected chi connectivity index (χ3v) is 2.56. The topological polar surface area (TPSA) is 98.8 Å². The van der Waals surface area contributed by atoms with E-state index in [0.717, 1.165) is 6.42 Å². The highest BCUT2D eigenvalue weighted by atomic mass is 19.3. The lowest BCUT2D eigenvalue weighted by Crippen LogP contribution is -2.31. The van der Waals surface area contributed by atoms with Crippen molar-refractivity contribution in [1.82, 2.24) is 19.9 Å². The van der Waals surface area contributed by atoms with Crippen molar-refractivity contribution in [3.05, 3.63) is 6.33 Å². The molecular formula is C11H16F2N6O. The number of nitrogens with zero attached hydrogens (tertiary/aromatic N) is 3. The number of anilines is 2. The molecule has 0 radical (unpaired) electrons. The zero-order chi connectivity index (χ0) is 14.6. The standard InChI is InChI=1S/C11H16F2N6O/c1-2-3-14-10-18-8(15-4-11(12,13)5-20)7-9(19-10)17-6-16-7/h6,20H,2-5H2,1H3,(H3,14,15,16,17,18,19). The van der Waals surface area contributed by atoms with Gasteiger partial charge in [-0.25, -0.2) is 13.8 Å². The van der Waals surface area contributed by atoms with Gasteiger partial charge in [-0.3, -0.25) is 0 Å². The molecule has 110 valence electrons. The van der Waals surface area contributed by atoms with Crippen LogP contribution < -0.4 is 10.6 Å². The lowest BCUT2D eigenvalue weighted by Gasteiger charge is -2.15. The fourth-order valence-electron chi connectivity index (χ4n) is 1.55. The second-order valence-corrected chi connectivity index (χ2v) is 4.29. The highest BCUT2D eigenvalue weighted by Crippen LogP contribution is 2.20. The average molecular weight is 286 g/mol. The van der Waals surface area contributed by atoms with Gasteiger partial charge >= 0.3 is 0 Å². The number of aliphatic hydroxyl groups is 1. The van der Waals surface area contributed by atoms with Crippen molar-refractivity contribution in [2.45, 2.75) is 19.3 Å². The highest BCUT2D eigenvalue weighted by molar-refractivity contribution is 5.83. The van der Waals surface area contributed by atoms with E-state index in [1.165, 1.54) is 6.33 Å². The van der Waals surface area contributed by atoms with E-state index in [4.69, 9.17) is 5.11 Å². The molecule has 7 nitrogen and oxygen atoms in total. The molecule has 0 spiro atoms. The van der Waals surface area contributed by atoms with Crippen LogP contribution in [-0.4, -0.2) is 50.7 Å². The fraction of sp³-hybridized carbons (Fsp3) is 0.545. The summed E-state index contributed by atoms with van der Waals surface area (Å²) >= 11 is 0. The Balaban J connectivity index is 2.23. The number of fused-ring (bicyclic) bond motifs is 1. The van der Waals surface area contributed by atoms with E-state index in [1.54, 1.807) is 0 Å². The lowest BCUT2D eigenvalue weighted by molar-refractivity contribution is -0.0373. The third-order valence-electron chi connectivity index (χ3n) is 2.56.